The van der Waals surface area contributed by atoms with Gasteiger partial charge in [-0.05, 0) is 68.9 Å². The number of nitrogens with one attached hydrogen (secondary N) is 2. The SMILES string of the molecule is C=Cc1ncc(CNC)cc1N.CCC.CNCC(=O)N1CCCC1C=O.COC(F)F.O=Cc1ccc2c(c1)Oc1ccccc1S2. The Labute approximate surface area is 286 Å². The number of carbonyl (C=O) groups excluding carboxylic acids is 3. The van der Waals surface area contributed by atoms with E-state index in [4.69, 9.17) is 10.5 Å². The number of methoxy groups -OCH3 is 1. The number of hydrogen-bond acceptors (Lipinski definition) is 10. The van der Waals surface area contributed by atoms with E-state index in [1.54, 1.807) is 48.1 Å². The number of benzene rings is 2. The topological polar surface area (TPSA) is 136 Å². The third-order valence-electron chi connectivity index (χ3n) is 6.26. The van der Waals surface area contributed by atoms with Gasteiger partial charge in [-0.2, -0.15) is 8.78 Å². The van der Waals surface area contributed by atoms with Crippen molar-refractivity contribution in [2.24, 2.45) is 0 Å². The van der Waals surface area contributed by atoms with Crippen molar-refractivity contribution in [1.82, 2.24) is 20.5 Å². The standard InChI is InChI=1S/C13H8O2S.C9H13N3.C8H14N2O2.C3H8.C2H4F2O/c14-8-9-5-6-13-11(7-9)15-10-3-1-2-4-12(10)16-13;1-3-9-8(10)4-7(5-11-2)6-12-9;1-9-5-8(12)10-4-2-3-7(10)6-11;1-3-2;1-5-2(3)4/h1-8H;3-4,6,11H,1,5,10H2,2H3;6-7,9H,2-5H2,1H3;3H2,1-2H3;2H,1H3. The molecular formula is C35H47F2N5O5S. The zero-order valence-corrected chi connectivity index (χ0v) is 29.0. The first kappa shape index (κ1) is 41.9. The molecule has 4 N–H and O–H groups in total. The van der Waals surface area contributed by atoms with E-state index in [1.165, 1.54) is 6.42 Å². The maximum atomic E-state index is 11.3. The average molecular weight is 688 g/mol. The van der Waals surface area contributed by atoms with Crippen molar-refractivity contribution in [3.63, 3.8) is 0 Å². The van der Waals surface area contributed by atoms with Crippen molar-refractivity contribution in [3.05, 3.63) is 78.1 Å². The van der Waals surface area contributed by atoms with Crippen LogP contribution in [0.15, 0.2) is 71.1 Å². The van der Waals surface area contributed by atoms with E-state index in [-0.39, 0.29) is 11.9 Å². The van der Waals surface area contributed by atoms with E-state index >= 15 is 0 Å². The van der Waals surface area contributed by atoms with E-state index in [1.807, 2.05) is 43.4 Å². The number of alkyl halides is 2. The number of aldehydes is 2. The molecule has 1 atom stereocenters. The normalized spacial score (nSPS) is 13.6. The van der Waals surface area contributed by atoms with Crippen LogP contribution in [-0.4, -0.2) is 75.3 Å². The number of para-hydroxylation sites is 1. The third-order valence-corrected chi connectivity index (χ3v) is 7.37. The van der Waals surface area contributed by atoms with Gasteiger partial charge in [-0.3, -0.25) is 14.6 Å². The first-order chi connectivity index (χ1) is 23.1. The van der Waals surface area contributed by atoms with Crippen LogP contribution >= 0.6 is 11.8 Å². The molecule has 3 heterocycles. The summed E-state index contributed by atoms with van der Waals surface area (Å²) in [6.45, 7) is 7.08. The van der Waals surface area contributed by atoms with Crippen LogP contribution in [0.4, 0.5) is 14.5 Å². The van der Waals surface area contributed by atoms with Gasteiger partial charge in [0.25, 0.3) is 0 Å². The molecule has 2 aliphatic heterocycles. The van der Waals surface area contributed by atoms with Crippen LogP contribution in [0.1, 0.15) is 54.7 Å². The fourth-order valence-electron chi connectivity index (χ4n) is 4.12. The fourth-order valence-corrected chi connectivity index (χ4v) is 5.05. The van der Waals surface area contributed by atoms with Crippen LogP contribution < -0.4 is 21.1 Å². The zero-order valence-electron chi connectivity index (χ0n) is 28.2. The summed E-state index contributed by atoms with van der Waals surface area (Å²) in [7, 11) is 4.56. The van der Waals surface area contributed by atoms with Crippen molar-refractivity contribution in [1.29, 1.82) is 0 Å². The molecule has 2 aliphatic rings. The molecule has 3 aromatic rings. The van der Waals surface area contributed by atoms with Crippen LogP contribution in [0.25, 0.3) is 6.08 Å². The lowest BCUT2D eigenvalue weighted by Crippen LogP contribution is -2.40. The highest BCUT2D eigenvalue weighted by atomic mass is 32.2. The second kappa shape index (κ2) is 24.0. The highest BCUT2D eigenvalue weighted by molar-refractivity contribution is 7.99. The second-order valence-electron chi connectivity index (χ2n) is 10.2. The van der Waals surface area contributed by atoms with E-state index in [9.17, 15) is 23.2 Å². The van der Waals surface area contributed by atoms with Crippen molar-refractivity contribution in [2.45, 2.75) is 62.1 Å². The van der Waals surface area contributed by atoms with Crippen LogP contribution in [-0.2, 0) is 20.9 Å². The van der Waals surface area contributed by atoms with Gasteiger partial charge in [0.05, 0.1) is 33.8 Å². The number of ether oxygens (including phenoxy) is 2. The Hall–Kier alpha value is -4.17. The first-order valence-corrected chi connectivity index (χ1v) is 16.2. The van der Waals surface area contributed by atoms with Gasteiger partial charge in [-0.1, -0.05) is 56.8 Å². The molecule has 5 rings (SSSR count). The number of nitrogen functional groups attached to an aromatic ring is 1. The van der Waals surface area contributed by atoms with Crippen LogP contribution in [0.2, 0.25) is 0 Å². The van der Waals surface area contributed by atoms with Crippen molar-refractivity contribution < 1.29 is 32.6 Å². The molecule has 0 bridgehead atoms. The highest BCUT2D eigenvalue weighted by Gasteiger charge is 2.27. The predicted molar refractivity (Wildman–Crippen MR) is 188 cm³/mol. The number of fused-ring (bicyclic) bond motifs is 2. The largest absolute Gasteiger partial charge is 0.455 e. The quantitative estimate of drug-likeness (QED) is 0.177. The van der Waals surface area contributed by atoms with Crippen molar-refractivity contribution in [2.75, 3.05) is 40.0 Å². The summed E-state index contributed by atoms with van der Waals surface area (Å²) >= 11 is 1.66. The zero-order chi connectivity index (χ0) is 35.9. The number of nitrogens with zero attached hydrogens (tertiary/aromatic N) is 2. The number of rotatable bonds is 8. The van der Waals surface area contributed by atoms with E-state index in [0.29, 0.717) is 17.8 Å². The van der Waals surface area contributed by atoms with Gasteiger partial charge in [-0.15, -0.1) is 0 Å². The molecule has 262 valence electrons. The molecular weight excluding hydrogens is 640 g/mol. The molecule has 1 unspecified atom stereocenters. The van der Waals surface area contributed by atoms with Gasteiger partial charge in [0, 0.05) is 32.0 Å². The monoisotopic (exact) mass is 687 g/mol. The number of anilines is 1. The molecule has 0 aliphatic carbocycles. The lowest BCUT2D eigenvalue weighted by Gasteiger charge is -2.19. The molecule has 1 aromatic heterocycles. The van der Waals surface area contributed by atoms with E-state index < -0.39 is 6.61 Å². The number of nitrogens with two attached hydrogens (primary N) is 1. The summed E-state index contributed by atoms with van der Waals surface area (Å²) in [5, 5.41) is 5.81. The van der Waals surface area contributed by atoms with Gasteiger partial charge in [0.2, 0.25) is 5.91 Å². The Morgan fingerprint density at radius 1 is 1.15 bits per heavy atom. The minimum atomic E-state index is -2.62. The van der Waals surface area contributed by atoms with Crippen molar-refractivity contribution >= 4 is 42.0 Å². The Balaban J connectivity index is 0.000000328. The number of carbonyl (C=O) groups is 3. The van der Waals surface area contributed by atoms with Crippen LogP contribution in [0.5, 0.6) is 11.5 Å². The molecule has 1 amide bonds. The smallest absolute Gasteiger partial charge is 0.345 e. The number of halogens is 2. The van der Waals surface area contributed by atoms with Gasteiger partial charge in [0.15, 0.2) is 0 Å². The maximum absolute atomic E-state index is 11.3. The lowest BCUT2D eigenvalue weighted by atomic mass is 10.2. The minimum absolute atomic E-state index is 0.0205. The molecule has 0 radical (unpaired) electrons. The number of likely N-dealkylation sites (tertiary alicyclic amines) is 1. The Morgan fingerprint density at radius 2 is 1.81 bits per heavy atom. The first-order valence-electron chi connectivity index (χ1n) is 15.4. The molecule has 2 aromatic carbocycles. The second-order valence-corrected chi connectivity index (χ2v) is 11.3. The maximum Gasteiger partial charge on any atom is 0.345 e. The van der Waals surface area contributed by atoms with Crippen LogP contribution in [0, 0.1) is 0 Å². The molecule has 1 fully saturated rings. The molecule has 0 saturated carbocycles. The Bertz CT molecular complexity index is 1430. The summed E-state index contributed by atoms with van der Waals surface area (Å²) in [6.07, 6.45) is 8.15. The van der Waals surface area contributed by atoms with E-state index in [0.717, 1.165) is 78.2 Å². The number of aromatic nitrogens is 1. The molecule has 1 saturated heterocycles. The Morgan fingerprint density at radius 3 is 2.38 bits per heavy atom. The number of likely N-dealkylation sites (N-methyl/N-ethyl adjacent to an activating group) is 1. The molecule has 13 heteroatoms. The predicted octanol–water partition coefficient (Wildman–Crippen LogP) is 6.45. The number of amides is 1. The summed E-state index contributed by atoms with van der Waals surface area (Å²) in [4.78, 5) is 40.4. The molecule has 48 heavy (non-hydrogen) atoms. The molecule has 0 spiro atoms. The lowest BCUT2D eigenvalue weighted by molar-refractivity contribution is -0.133. The highest BCUT2D eigenvalue weighted by Crippen LogP contribution is 2.46. The average Bonchev–Trinajstić information content (AvgIpc) is 3.58. The van der Waals surface area contributed by atoms with Crippen LogP contribution in [0.3, 0.4) is 0 Å². The minimum Gasteiger partial charge on any atom is -0.455 e. The number of pyridine rings is 1. The van der Waals surface area contributed by atoms with Gasteiger partial charge >= 0.3 is 6.61 Å². The van der Waals surface area contributed by atoms with Gasteiger partial charge in [-0.25, -0.2) is 0 Å². The van der Waals surface area contributed by atoms with Gasteiger partial charge in [0.1, 0.15) is 24.1 Å². The summed E-state index contributed by atoms with van der Waals surface area (Å²) in [5.41, 5.74) is 8.85. The summed E-state index contributed by atoms with van der Waals surface area (Å²) < 4.78 is 30.2. The third kappa shape index (κ3) is 14.7. The fraction of sp³-hybridized carbons (Fsp3) is 0.371. The number of hydrogen-bond donors (Lipinski definition) is 3. The summed E-state index contributed by atoms with van der Waals surface area (Å²) in [5.74, 6) is 1.63. The van der Waals surface area contributed by atoms with Gasteiger partial charge < -0.3 is 35.5 Å². The molecule has 10 nitrogen and oxygen atoms in total. The van der Waals surface area contributed by atoms with Crippen molar-refractivity contribution in [3.8, 4) is 11.5 Å². The van der Waals surface area contributed by atoms with E-state index in [2.05, 4.69) is 40.8 Å². The Kier molecular flexibility index (Phi) is 21.0. The summed E-state index contributed by atoms with van der Waals surface area (Å²) in [6, 6.07) is 15.1.